The van der Waals surface area contributed by atoms with Crippen molar-refractivity contribution in [3.8, 4) is 0 Å². The van der Waals surface area contributed by atoms with Crippen molar-refractivity contribution in [1.29, 1.82) is 0 Å². The Hall–Kier alpha value is -1.67. The Labute approximate surface area is 107 Å². The van der Waals surface area contributed by atoms with E-state index in [4.69, 9.17) is 35.4 Å². The Morgan fingerprint density at radius 1 is 0.944 bits per heavy atom. The molecule has 6 N–H and O–H groups in total. The lowest BCUT2D eigenvalue weighted by Crippen LogP contribution is -2.21. The highest BCUT2D eigenvalue weighted by Crippen LogP contribution is 1.48. The molecule has 0 bridgehead atoms. The molecule has 0 aliphatic heterocycles. The van der Waals surface area contributed by atoms with Crippen LogP contribution in [0.4, 0.5) is 0 Å². The summed E-state index contributed by atoms with van der Waals surface area (Å²) in [5, 5.41) is 25.3. The molecule has 18 heavy (non-hydrogen) atoms. The van der Waals surface area contributed by atoms with Crippen LogP contribution in [0, 0.1) is 0 Å². The molecule has 0 aromatic heterocycles. The van der Waals surface area contributed by atoms with Crippen molar-refractivity contribution in [2.45, 2.75) is 27.7 Å². The van der Waals surface area contributed by atoms with Gasteiger partial charge in [-0.1, -0.05) is 6.92 Å². The Kier molecular flexibility index (Phi) is 34.4. The number of aliphatic carboxylic acids is 3. The van der Waals surface area contributed by atoms with E-state index in [-0.39, 0.29) is 0 Å². The lowest BCUT2D eigenvalue weighted by Gasteiger charge is -1.92. The highest BCUT2D eigenvalue weighted by atomic mass is 16.4. The fraction of sp³-hybridized carbons (Fsp3) is 0.700. The fourth-order valence-corrected chi connectivity index (χ4v) is 0.279. The Balaban J connectivity index is -0.0000000742. The molecule has 110 valence electrons. The Morgan fingerprint density at radius 2 is 1.17 bits per heavy atom. The van der Waals surface area contributed by atoms with E-state index in [0.717, 1.165) is 40.4 Å². The van der Waals surface area contributed by atoms with Gasteiger partial charge in [0.05, 0.1) is 0 Å². The average molecular weight is 268 g/mol. The van der Waals surface area contributed by atoms with Gasteiger partial charge in [-0.05, 0) is 6.54 Å². The minimum Gasteiger partial charge on any atom is -0.481 e. The maximum Gasteiger partial charge on any atom is 0.300 e. The van der Waals surface area contributed by atoms with E-state index in [9.17, 15) is 0 Å². The maximum absolute atomic E-state index is 9.00. The molecule has 0 saturated carbocycles. The van der Waals surface area contributed by atoms with E-state index in [1.165, 1.54) is 0 Å². The summed E-state index contributed by atoms with van der Waals surface area (Å²) < 4.78 is 0. The van der Waals surface area contributed by atoms with Gasteiger partial charge in [-0.25, -0.2) is 0 Å². The second-order valence-electron chi connectivity index (χ2n) is 2.70. The summed E-state index contributed by atoms with van der Waals surface area (Å²) in [5.74, 6) is -2.50. The monoisotopic (exact) mass is 268 g/mol. The van der Waals surface area contributed by atoms with Crippen LogP contribution in [0.5, 0.6) is 0 Å². The smallest absolute Gasteiger partial charge is 0.300 e. The normalized spacial score (nSPS) is 7.17. The van der Waals surface area contributed by atoms with E-state index >= 15 is 0 Å². The van der Waals surface area contributed by atoms with Gasteiger partial charge in [0.2, 0.25) is 0 Å². The lowest BCUT2D eigenvalue weighted by molar-refractivity contribution is -0.135. The molecule has 8 nitrogen and oxygen atoms in total. The van der Waals surface area contributed by atoms with Gasteiger partial charge in [0.1, 0.15) is 0 Å². The van der Waals surface area contributed by atoms with Gasteiger partial charge in [-0.3, -0.25) is 14.4 Å². The van der Waals surface area contributed by atoms with Gasteiger partial charge in [-0.15, -0.1) is 0 Å². The van der Waals surface area contributed by atoms with E-state index < -0.39 is 17.9 Å². The van der Waals surface area contributed by atoms with Gasteiger partial charge in [-0.2, -0.15) is 0 Å². The van der Waals surface area contributed by atoms with Crippen LogP contribution in [0.1, 0.15) is 27.7 Å². The van der Waals surface area contributed by atoms with E-state index in [1.807, 2.05) is 0 Å². The van der Waals surface area contributed by atoms with Crippen molar-refractivity contribution < 1.29 is 29.7 Å². The topological polar surface area (TPSA) is 150 Å². The van der Waals surface area contributed by atoms with Gasteiger partial charge < -0.3 is 26.4 Å². The minimum atomic E-state index is -0.833. The van der Waals surface area contributed by atoms with Crippen LogP contribution in [0.3, 0.4) is 0 Å². The first-order chi connectivity index (χ1) is 8.11. The zero-order chi connectivity index (χ0) is 15.6. The molecule has 0 aliphatic carbocycles. The average Bonchev–Trinajstić information content (AvgIpc) is 2.11. The van der Waals surface area contributed by atoms with Gasteiger partial charge in [0, 0.05) is 33.9 Å². The number of rotatable bonds is 3. The molecule has 0 saturated heterocycles. The third-order valence-corrected chi connectivity index (χ3v) is 0.571. The van der Waals surface area contributed by atoms with Gasteiger partial charge in [0.25, 0.3) is 17.9 Å². The van der Waals surface area contributed by atoms with Crippen molar-refractivity contribution in [3.05, 3.63) is 0 Å². The zero-order valence-corrected chi connectivity index (χ0v) is 11.3. The molecule has 0 aliphatic rings. The molecule has 0 atom stereocenters. The second-order valence-corrected chi connectivity index (χ2v) is 2.70. The first-order valence-electron chi connectivity index (χ1n) is 5.11. The molecule has 0 spiro atoms. The van der Waals surface area contributed by atoms with Crippen LogP contribution in [-0.4, -0.2) is 52.9 Å². The first kappa shape index (κ1) is 25.2. The van der Waals surface area contributed by atoms with Crippen molar-refractivity contribution in [2.24, 2.45) is 5.73 Å². The predicted octanol–water partition coefficient (Wildman–Crippen LogP) is -0.173. The molecule has 0 aromatic rings. The van der Waals surface area contributed by atoms with Crippen molar-refractivity contribution >= 4 is 17.9 Å². The molecule has 0 unspecified atom stereocenters. The second kappa shape index (κ2) is 24.5. The van der Waals surface area contributed by atoms with E-state index in [2.05, 4.69) is 12.2 Å². The standard InChI is InChI=1S/C4H12N2.3C2H4O2/c1-2-6-4-3-5;3*1-2(3)4/h6H,2-5H2,1H3;3*1H3,(H,3,4). The summed E-state index contributed by atoms with van der Waals surface area (Å²) in [7, 11) is 0. The summed E-state index contributed by atoms with van der Waals surface area (Å²) in [6.45, 7) is 8.02. The van der Waals surface area contributed by atoms with E-state index in [1.54, 1.807) is 0 Å². The molecule has 0 heterocycles. The summed E-state index contributed by atoms with van der Waals surface area (Å²) in [4.78, 5) is 27.0. The van der Waals surface area contributed by atoms with Crippen LogP contribution >= 0.6 is 0 Å². The predicted molar refractivity (Wildman–Crippen MR) is 67.5 cm³/mol. The molecule has 0 aromatic carbocycles. The molecule has 8 heteroatoms. The number of carboxylic acids is 3. The van der Waals surface area contributed by atoms with Gasteiger partial charge in [0.15, 0.2) is 0 Å². The van der Waals surface area contributed by atoms with Crippen LogP contribution in [-0.2, 0) is 14.4 Å². The van der Waals surface area contributed by atoms with Crippen LogP contribution in [0.25, 0.3) is 0 Å². The number of hydrogen-bond donors (Lipinski definition) is 5. The molecule has 0 amide bonds. The fourth-order valence-electron chi connectivity index (χ4n) is 0.279. The largest absolute Gasteiger partial charge is 0.481 e. The summed E-state index contributed by atoms with van der Waals surface area (Å²) in [6.07, 6.45) is 0. The minimum absolute atomic E-state index is 0.744. The molecule has 0 fully saturated rings. The summed E-state index contributed by atoms with van der Waals surface area (Å²) in [6, 6.07) is 0. The maximum atomic E-state index is 9.00. The Bertz CT molecular complexity index is 164. The number of nitrogens with one attached hydrogen (secondary N) is 1. The number of carbonyl (C=O) groups is 3. The molecule has 0 rings (SSSR count). The lowest BCUT2D eigenvalue weighted by atomic mass is 10.6. The van der Waals surface area contributed by atoms with Crippen LogP contribution < -0.4 is 11.1 Å². The molecular formula is C10H24N2O6. The van der Waals surface area contributed by atoms with Gasteiger partial charge >= 0.3 is 0 Å². The highest BCUT2D eigenvalue weighted by molar-refractivity contribution is 5.63. The third-order valence-electron chi connectivity index (χ3n) is 0.571. The number of hydrogen-bond acceptors (Lipinski definition) is 5. The highest BCUT2D eigenvalue weighted by Gasteiger charge is 1.71. The molecule has 0 radical (unpaired) electrons. The third kappa shape index (κ3) is 1440. The summed E-state index contributed by atoms with van der Waals surface area (Å²) >= 11 is 0. The van der Waals surface area contributed by atoms with Crippen molar-refractivity contribution in [3.63, 3.8) is 0 Å². The van der Waals surface area contributed by atoms with Crippen molar-refractivity contribution in [1.82, 2.24) is 5.32 Å². The molecular weight excluding hydrogens is 244 g/mol. The number of likely N-dealkylation sites (N-methyl/N-ethyl adjacent to an activating group) is 1. The first-order valence-corrected chi connectivity index (χ1v) is 5.11. The zero-order valence-electron chi connectivity index (χ0n) is 11.3. The Morgan fingerprint density at radius 3 is 1.22 bits per heavy atom. The summed E-state index contributed by atoms with van der Waals surface area (Å²) in [5.41, 5.74) is 5.15. The van der Waals surface area contributed by atoms with Crippen molar-refractivity contribution in [2.75, 3.05) is 19.6 Å². The van der Waals surface area contributed by atoms with Crippen LogP contribution in [0.15, 0.2) is 0 Å². The quantitative estimate of drug-likeness (QED) is 0.442. The number of nitrogens with two attached hydrogens (primary N) is 1. The van der Waals surface area contributed by atoms with Crippen LogP contribution in [0.2, 0.25) is 0 Å². The SMILES string of the molecule is CC(=O)O.CC(=O)O.CC(=O)O.CCNCCN. The number of carboxylic acid groups (broad SMARTS) is 3. The van der Waals surface area contributed by atoms with E-state index in [0.29, 0.717) is 0 Å².